The summed E-state index contributed by atoms with van der Waals surface area (Å²) in [5.41, 5.74) is 9.59. The molecule has 6 heteroatoms. The Hall–Kier alpha value is -3.12. The van der Waals surface area contributed by atoms with Crippen molar-refractivity contribution < 1.29 is 13.2 Å². The first-order chi connectivity index (χ1) is 13.8. The quantitative estimate of drug-likeness (QED) is 0.549. The Morgan fingerprint density at radius 3 is 2.55 bits per heavy atom. The Labute approximate surface area is 169 Å². The van der Waals surface area contributed by atoms with Crippen molar-refractivity contribution in [3.63, 3.8) is 0 Å². The number of carbonyl (C=O) groups is 1. The van der Waals surface area contributed by atoms with E-state index in [1.54, 1.807) is 24.3 Å². The summed E-state index contributed by atoms with van der Waals surface area (Å²) in [7, 11) is -3.37. The van der Waals surface area contributed by atoms with Crippen LogP contribution >= 0.6 is 0 Å². The van der Waals surface area contributed by atoms with Crippen LogP contribution in [0.5, 0.6) is 0 Å². The molecule has 0 unspecified atom stereocenters. The molecular formula is C23H21N2O3S. The van der Waals surface area contributed by atoms with Gasteiger partial charge in [-0.15, -0.1) is 0 Å². The van der Waals surface area contributed by atoms with Gasteiger partial charge in [-0.2, -0.15) is 0 Å². The molecule has 5 nitrogen and oxygen atoms in total. The molecule has 0 fully saturated rings. The number of aromatic nitrogens is 1. The number of rotatable bonds is 5. The van der Waals surface area contributed by atoms with Gasteiger partial charge in [0, 0.05) is 29.1 Å². The molecule has 0 saturated heterocycles. The van der Waals surface area contributed by atoms with Gasteiger partial charge in [0.2, 0.25) is 5.91 Å². The van der Waals surface area contributed by atoms with E-state index in [0.29, 0.717) is 22.6 Å². The molecule has 1 radical (unpaired) electrons. The summed E-state index contributed by atoms with van der Waals surface area (Å²) in [5.74, 6) is -0.501. The molecule has 0 atom stereocenters. The molecule has 3 aromatic carbocycles. The number of benzene rings is 3. The summed E-state index contributed by atoms with van der Waals surface area (Å²) in [6.07, 6.45) is 2.06. The fourth-order valence-corrected chi connectivity index (χ4v) is 4.78. The first kappa shape index (κ1) is 19.2. The lowest BCUT2D eigenvalue weighted by Gasteiger charge is -2.12. The van der Waals surface area contributed by atoms with Crippen LogP contribution in [0.4, 0.5) is 0 Å². The first-order valence-electron chi connectivity index (χ1n) is 9.34. The minimum Gasteiger partial charge on any atom is -0.366 e. The van der Waals surface area contributed by atoms with Crippen molar-refractivity contribution in [1.82, 2.24) is 4.57 Å². The van der Waals surface area contributed by atoms with E-state index in [1.807, 2.05) is 28.8 Å². The molecule has 0 aliphatic heterocycles. The van der Waals surface area contributed by atoms with Gasteiger partial charge in [0.25, 0.3) is 0 Å². The number of amides is 1. The Kier molecular flexibility index (Phi) is 4.67. The Morgan fingerprint density at radius 1 is 1.10 bits per heavy atom. The Balaban J connectivity index is 2.06. The van der Waals surface area contributed by atoms with Crippen molar-refractivity contribution in [2.24, 2.45) is 5.73 Å². The molecule has 0 bridgehead atoms. The van der Waals surface area contributed by atoms with E-state index in [-0.39, 0.29) is 0 Å². The molecule has 29 heavy (non-hydrogen) atoms. The number of aryl methyl sites for hydroxylation is 1. The second kappa shape index (κ2) is 7.04. The summed E-state index contributed by atoms with van der Waals surface area (Å²) in [6.45, 7) is 2.42. The lowest BCUT2D eigenvalue weighted by molar-refractivity contribution is 0.100. The standard InChI is InChI=1S/C23H21N2O3S/c1-3-15-11-12-17-20(13-15)25(19-9-6-8-18(22(17)19)23(24)26)14-16-7-4-5-10-21(16)29(2,27)28/h4-11,13H,3,14H2,1-2H3,(H2,24,26). The molecule has 0 aliphatic carbocycles. The average Bonchev–Trinajstić information content (AvgIpc) is 3.00. The van der Waals surface area contributed by atoms with E-state index in [4.69, 9.17) is 5.73 Å². The largest absolute Gasteiger partial charge is 0.366 e. The third-order valence-corrected chi connectivity index (χ3v) is 6.43. The van der Waals surface area contributed by atoms with Crippen LogP contribution in [0.15, 0.2) is 59.5 Å². The predicted molar refractivity (Wildman–Crippen MR) is 115 cm³/mol. The molecule has 4 rings (SSSR count). The van der Waals surface area contributed by atoms with Crippen LogP contribution in [0, 0.1) is 6.07 Å². The average molecular weight is 405 g/mol. The molecule has 147 valence electrons. The number of nitrogens with zero attached hydrogens (tertiary/aromatic N) is 1. The van der Waals surface area contributed by atoms with Gasteiger partial charge in [-0.05, 0) is 47.9 Å². The summed E-state index contributed by atoms with van der Waals surface area (Å²) < 4.78 is 26.6. The highest BCUT2D eigenvalue weighted by Crippen LogP contribution is 2.33. The van der Waals surface area contributed by atoms with Crippen LogP contribution in [0.25, 0.3) is 21.8 Å². The van der Waals surface area contributed by atoms with Crippen molar-refractivity contribution in [1.29, 1.82) is 0 Å². The van der Waals surface area contributed by atoms with Gasteiger partial charge < -0.3 is 10.3 Å². The highest BCUT2D eigenvalue weighted by Gasteiger charge is 2.19. The fraction of sp³-hybridized carbons (Fsp3) is 0.174. The zero-order valence-electron chi connectivity index (χ0n) is 16.3. The summed E-state index contributed by atoms with van der Waals surface area (Å²) in [4.78, 5) is 12.4. The monoisotopic (exact) mass is 405 g/mol. The molecule has 1 amide bonds. The minimum atomic E-state index is -3.37. The van der Waals surface area contributed by atoms with Gasteiger partial charge in [0.05, 0.1) is 15.9 Å². The summed E-state index contributed by atoms with van der Waals surface area (Å²) in [5, 5.41) is 1.55. The first-order valence-corrected chi connectivity index (χ1v) is 11.2. The Bertz CT molecular complexity index is 1370. The lowest BCUT2D eigenvalue weighted by atomic mass is 10.0. The highest BCUT2D eigenvalue weighted by atomic mass is 32.2. The van der Waals surface area contributed by atoms with Gasteiger partial charge in [-0.3, -0.25) is 4.79 Å². The topological polar surface area (TPSA) is 82.2 Å². The minimum absolute atomic E-state index is 0.302. The van der Waals surface area contributed by atoms with Crippen molar-refractivity contribution in [3.05, 3.63) is 77.4 Å². The van der Waals surface area contributed by atoms with Crippen LogP contribution < -0.4 is 5.73 Å². The number of carbonyl (C=O) groups excluding carboxylic acids is 1. The van der Waals surface area contributed by atoms with Crippen molar-refractivity contribution in [2.45, 2.75) is 24.8 Å². The van der Waals surface area contributed by atoms with Gasteiger partial charge in [0.1, 0.15) is 0 Å². The van der Waals surface area contributed by atoms with Gasteiger partial charge in [0.15, 0.2) is 9.84 Å². The van der Waals surface area contributed by atoms with E-state index >= 15 is 0 Å². The fourth-order valence-electron chi connectivity index (χ4n) is 3.85. The van der Waals surface area contributed by atoms with Crippen LogP contribution in [-0.4, -0.2) is 25.1 Å². The zero-order valence-corrected chi connectivity index (χ0v) is 17.1. The maximum absolute atomic E-state index is 12.3. The number of sulfone groups is 1. The number of primary amides is 1. The van der Waals surface area contributed by atoms with E-state index in [1.165, 1.54) is 6.26 Å². The normalized spacial score (nSPS) is 11.9. The van der Waals surface area contributed by atoms with Crippen LogP contribution in [0.2, 0.25) is 0 Å². The van der Waals surface area contributed by atoms with Crippen LogP contribution in [0.1, 0.15) is 28.4 Å². The molecule has 1 aromatic heterocycles. The SMILES string of the molecule is CCc1c[c]c2c3c(C(N)=O)cccc3n(Cc3ccccc3S(C)(=O)=O)c2c1. The second-order valence-electron chi connectivity index (χ2n) is 7.15. The molecule has 2 N–H and O–H groups in total. The van der Waals surface area contributed by atoms with Crippen molar-refractivity contribution in [2.75, 3.05) is 6.26 Å². The number of hydrogen-bond donors (Lipinski definition) is 1. The van der Waals surface area contributed by atoms with Crippen molar-refractivity contribution in [3.8, 4) is 0 Å². The second-order valence-corrected chi connectivity index (χ2v) is 9.14. The summed E-state index contributed by atoms with van der Waals surface area (Å²) >= 11 is 0. The summed E-state index contributed by atoms with van der Waals surface area (Å²) in [6, 6.07) is 19.7. The predicted octanol–water partition coefficient (Wildman–Crippen LogP) is 3.71. The van der Waals surface area contributed by atoms with Crippen LogP contribution in [-0.2, 0) is 22.8 Å². The molecule has 0 aliphatic rings. The van der Waals surface area contributed by atoms with Gasteiger partial charge in [-0.25, -0.2) is 8.42 Å². The highest BCUT2D eigenvalue weighted by molar-refractivity contribution is 7.90. The van der Waals surface area contributed by atoms with E-state index < -0.39 is 15.7 Å². The third kappa shape index (κ3) is 3.29. The van der Waals surface area contributed by atoms with Crippen LogP contribution in [0.3, 0.4) is 0 Å². The van der Waals surface area contributed by atoms with E-state index in [0.717, 1.165) is 33.8 Å². The lowest BCUT2D eigenvalue weighted by Crippen LogP contribution is -2.11. The molecule has 4 aromatic rings. The third-order valence-electron chi connectivity index (χ3n) is 5.23. The van der Waals surface area contributed by atoms with Gasteiger partial charge >= 0.3 is 0 Å². The smallest absolute Gasteiger partial charge is 0.249 e. The molecular weight excluding hydrogens is 384 g/mol. The maximum Gasteiger partial charge on any atom is 0.249 e. The molecule has 0 spiro atoms. The zero-order chi connectivity index (χ0) is 20.8. The number of nitrogens with two attached hydrogens (primary N) is 1. The number of hydrogen-bond acceptors (Lipinski definition) is 3. The van der Waals surface area contributed by atoms with E-state index in [9.17, 15) is 13.2 Å². The van der Waals surface area contributed by atoms with Gasteiger partial charge in [-0.1, -0.05) is 37.3 Å². The van der Waals surface area contributed by atoms with Crippen molar-refractivity contribution >= 4 is 37.6 Å². The van der Waals surface area contributed by atoms with E-state index in [2.05, 4.69) is 19.1 Å². The molecule has 0 saturated carbocycles. The Morgan fingerprint density at radius 2 is 1.86 bits per heavy atom. The number of fused-ring (bicyclic) bond motifs is 3. The molecule has 1 heterocycles. The maximum atomic E-state index is 12.3.